The summed E-state index contributed by atoms with van der Waals surface area (Å²) in [7, 11) is 0. The molecule has 1 fully saturated rings. The smallest absolute Gasteiger partial charge is 0.0917 e. The van der Waals surface area contributed by atoms with Crippen molar-refractivity contribution in [2.75, 3.05) is 6.61 Å². The van der Waals surface area contributed by atoms with Crippen molar-refractivity contribution in [2.45, 2.75) is 25.6 Å². The Kier molecular flexibility index (Phi) is 2.44. The number of hydrogen-bond donors (Lipinski definition) is 1. The van der Waals surface area contributed by atoms with Crippen molar-refractivity contribution >= 4 is 11.3 Å². The summed E-state index contributed by atoms with van der Waals surface area (Å²) < 4.78 is 5.53. The second-order valence-electron chi connectivity index (χ2n) is 2.96. The number of ether oxygens (including phenoxy) is 1. The van der Waals surface area contributed by atoms with E-state index in [0.29, 0.717) is 6.10 Å². The molecule has 0 aromatic carbocycles. The van der Waals surface area contributed by atoms with E-state index >= 15 is 0 Å². The Labute approximate surface area is 75.8 Å². The summed E-state index contributed by atoms with van der Waals surface area (Å²) in [5.74, 6) is 0. The van der Waals surface area contributed by atoms with E-state index in [9.17, 15) is 0 Å². The highest BCUT2D eigenvalue weighted by atomic mass is 32.1. The van der Waals surface area contributed by atoms with Gasteiger partial charge in [-0.25, -0.2) is 0 Å². The Hall–Kier alpha value is -0.380. The van der Waals surface area contributed by atoms with Crippen molar-refractivity contribution in [3.05, 3.63) is 21.9 Å². The van der Waals surface area contributed by atoms with Gasteiger partial charge in [0.15, 0.2) is 0 Å². The van der Waals surface area contributed by atoms with Gasteiger partial charge in [0.2, 0.25) is 0 Å². The Morgan fingerprint density at radius 2 is 2.50 bits per heavy atom. The third-order valence-electron chi connectivity index (χ3n) is 2.09. The van der Waals surface area contributed by atoms with Gasteiger partial charge in [-0.1, -0.05) is 0 Å². The molecule has 1 atom stereocenters. The van der Waals surface area contributed by atoms with Crippen LogP contribution in [0.4, 0.5) is 0 Å². The zero-order valence-corrected chi connectivity index (χ0v) is 7.64. The second-order valence-corrected chi connectivity index (χ2v) is 4.16. The molecular weight excluding hydrogens is 172 g/mol. The predicted molar refractivity (Wildman–Crippen MR) is 48.2 cm³/mol. The minimum absolute atomic E-state index is 0.150. The molecule has 1 aliphatic rings. The van der Waals surface area contributed by atoms with Gasteiger partial charge in [-0.3, -0.25) is 0 Å². The lowest BCUT2D eigenvalue weighted by atomic mass is 10.2. The first-order chi connectivity index (χ1) is 5.90. The minimum atomic E-state index is 0.150. The van der Waals surface area contributed by atoms with Crippen molar-refractivity contribution in [2.24, 2.45) is 0 Å². The Morgan fingerprint density at radius 3 is 3.08 bits per heavy atom. The highest BCUT2D eigenvalue weighted by molar-refractivity contribution is 7.12. The molecule has 0 radical (unpaired) electrons. The van der Waals surface area contributed by atoms with Crippen LogP contribution in [0.1, 0.15) is 28.7 Å². The fourth-order valence-electron chi connectivity index (χ4n) is 1.45. The van der Waals surface area contributed by atoms with Gasteiger partial charge in [0, 0.05) is 16.4 Å². The Bertz CT molecular complexity index is 251. The fraction of sp³-hybridized carbons (Fsp3) is 0.556. The highest BCUT2D eigenvalue weighted by Crippen LogP contribution is 2.33. The molecule has 1 aromatic heterocycles. The van der Waals surface area contributed by atoms with Crippen LogP contribution in [0.2, 0.25) is 0 Å². The van der Waals surface area contributed by atoms with Gasteiger partial charge >= 0.3 is 0 Å². The number of thiophene rings is 1. The van der Waals surface area contributed by atoms with Crippen molar-refractivity contribution in [1.82, 2.24) is 0 Å². The van der Waals surface area contributed by atoms with Crippen LogP contribution in [0.15, 0.2) is 12.1 Å². The average molecular weight is 184 g/mol. The van der Waals surface area contributed by atoms with Crippen LogP contribution in [0, 0.1) is 0 Å². The summed E-state index contributed by atoms with van der Waals surface area (Å²) in [4.78, 5) is 2.29. The molecule has 2 nitrogen and oxygen atoms in total. The maximum absolute atomic E-state index is 8.86. The summed E-state index contributed by atoms with van der Waals surface area (Å²) in [6, 6.07) is 4.04. The molecule has 1 aromatic rings. The van der Waals surface area contributed by atoms with E-state index in [1.807, 2.05) is 6.07 Å². The molecule has 66 valence electrons. The zero-order valence-electron chi connectivity index (χ0n) is 6.82. The van der Waals surface area contributed by atoms with Gasteiger partial charge in [-0.05, 0) is 25.0 Å². The first-order valence-electron chi connectivity index (χ1n) is 4.21. The van der Waals surface area contributed by atoms with E-state index in [1.54, 1.807) is 11.3 Å². The van der Waals surface area contributed by atoms with Crippen LogP contribution >= 0.6 is 11.3 Å². The summed E-state index contributed by atoms with van der Waals surface area (Å²) >= 11 is 1.66. The molecule has 0 bridgehead atoms. The third kappa shape index (κ3) is 1.53. The van der Waals surface area contributed by atoms with Gasteiger partial charge < -0.3 is 9.84 Å². The van der Waals surface area contributed by atoms with E-state index in [-0.39, 0.29) is 6.61 Å². The SMILES string of the molecule is OCc1ccc(C2CCCO2)s1. The summed E-state index contributed by atoms with van der Waals surface area (Å²) in [6.07, 6.45) is 2.60. The van der Waals surface area contributed by atoms with E-state index in [1.165, 1.54) is 4.88 Å². The van der Waals surface area contributed by atoms with Crippen LogP contribution in [-0.2, 0) is 11.3 Å². The van der Waals surface area contributed by atoms with Gasteiger partial charge in [0.1, 0.15) is 0 Å². The Balaban J connectivity index is 2.11. The van der Waals surface area contributed by atoms with Gasteiger partial charge in [-0.2, -0.15) is 0 Å². The van der Waals surface area contributed by atoms with Crippen molar-refractivity contribution in [3.63, 3.8) is 0 Å². The molecule has 12 heavy (non-hydrogen) atoms. The van der Waals surface area contributed by atoms with Gasteiger partial charge in [0.25, 0.3) is 0 Å². The lowest BCUT2D eigenvalue weighted by Crippen LogP contribution is -1.90. The summed E-state index contributed by atoms with van der Waals surface area (Å²) in [5.41, 5.74) is 0. The van der Waals surface area contributed by atoms with Crippen LogP contribution < -0.4 is 0 Å². The van der Waals surface area contributed by atoms with Crippen molar-refractivity contribution in [1.29, 1.82) is 0 Å². The second kappa shape index (κ2) is 3.56. The van der Waals surface area contributed by atoms with E-state index in [2.05, 4.69) is 6.07 Å². The minimum Gasteiger partial charge on any atom is -0.391 e. The van der Waals surface area contributed by atoms with Crippen LogP contribution in [-0.4, -0.2) is 11.7 Å². The van der Waals surface area contributed by atoms with Crippen LogP contribution in [0.25, 0.3) is 0 Å². The number of rotatable bonds is 2. The lowest BCUT2D eigenvalue weighted by Gasteiger charge is -2.04. The molecular formula is C9H12O2S. The fourth-order valence-corrected chi connectivity index (χ4v) is 2.41. The van der Waals surface area contributed by atoms with Crippen LogP contribution in [0.3, 0.4) is 0 Å². The number of hydrogen-bond acceptors (Lipinski definition) is 3. The lowest BCUT2D eigenvalue weighted by molar-refractivity contribution is 0.114. The normalized spacial score (nSPS) is 23.2. The van der Waals surface area contributed by atoms with Gasteiger partial charge in [0.05, 0.1) is 12.7 Å². The predicted octanol–water partition coefficient (Wildman–Crippen LogP) is 2.09. The zero-order chi connectivity index (χ0) is 8.39. The number of aliphatic hydroxyl groups excluding tert-OH is 1. The molecule has 0 saturated carbocycles. The molecule has 0 spiro atoms. The standard InChI is InChI=1S/C9H12O2S/c10-6-7-3-4-9(12-7)8-2-1-5-11-8/h3-4,8,10H,1-2,5-6H2. The molecule has 2 heterocycles. The highest BCUT2D eigenvalue weighted by Gasteiger charge is 2.18. The summed E-state index contributed by atoms with van der Waals surface area (Å²) in [5, 5.41) is 8.86. The first-order valence-corrected chi connectivity index (χ1v) is 5.03. The van der Waals surface area contributed by atoms with E-state index in [0.717, 1.165) is 24.3 Å². The molecule has 1 N–H and O–H groups in total. The molecule has 3 heteroatoms. The quantitative estimate of drug-likeness (QED) is 0.762. The molecule has 0 amide bonds. The maximum Gasteiger partial charge on any atom is 0.0917 e. The number of aliphatic hydroxyl groups is 1. The molecule has 2 rings (SSSR count). The first kappa shape index (κ1) is 8.23. The van der Waals surface area contributed by atoms with Gasteiger partial charge in [-0.15, -0.1) is 11.3 Å². The van der Waals surface area contributed by atoms with Crippen molar-refractivity contribution in [3.8, 4) is 0 Å². The molecule has 1 saturated heterocycles. The Morgan fingerprint density at radius 1 is 1.58 bits per heavy atom. The van der Waals surface area contributed by atoms with Crippen LogP contribution in [0.5, 0.6) is 0 Å². The largest absolute Gasteiger partial charge is 0.391 e. The topological polar surface area (TPSA) is 29.5 Å². The molecule has 1 aliphatic heterocycles. The van der Waals surface area contributed by atoms with Crippen molar-refractivity contribution < 1.29 is 9.84 Å². The van der Waals surface area contributed by atoms with E-state index in [4.69, 9.17) is 9.84 Å². The molecule has 1 unspecified atom stereocenters. The summed E-state index contributed by atoms with van der Waals surface area (Å²) in [6.45, 7) is 1.04. The third-order valence-corrected chi connectivity index (χ3v) is 3.25. The molecule has 0 aliphatic carbocycles. The maximum atomic E-state index is 8.86. The average Bonchev–Trinajstić information content (AvgIpc) is 2.75. The van der Waals surface area contributed by atoms with E-state index < -0.39 is 0 Å². The monoisotopic (exact) mass is 184 g/mol.